The molecule has 38 heavy (non-hydrogen) atoms. The Kier molecular flexibility index (Phi) is 5.78. The van der Waals surface area contributed by atoms with E-state index in [0.29, 0.717) is 26.0 Å². The van der Waals surface area contributed by atoms with Crippen molar-refractivity contribution in [1.82, 2.24) is 14.7 Å². The number of benzene rings is 2. The lowest BCUT2D eigenvalue weighted by Crippen LogP contribution is -2.58. The number of carbonyl (C=O) groups excluding carboxylic acids is 2. The SMILES string of the molecule is CC1(CN2C(=O)N(C3Cc4ccccc4C3)C(=O)C23CCN(Cc2ccc(N4CCCC4)cc2)CC3)CO1. The van der Waals surface area contributed by atoms with Crippen LogP contribution in [0.1, 0.15) is 49.3 Å². The van der Waals surface area contributed by atoms with Gasteiger partial charge in [0.15, 0.2) is 0 Å². The molecule has 1 atom stereocenters. The monoisotopic (exact) mass is 514 g/mol. The van der Waals surface area contributed by atoms with Crippen molar-refractivity contribution in [2.24, 2.45) is 0 Å². The van der Waals surface area contributed by atoms with Crippen LogP contribution in [0.2, 0.25) is 0 Å². The zero-order chi connectivity index (χ0) is 25.9. The van der Waals surface area contributed by atoms with Crippen LogP contribution in [0.5, 0.6) is 0 Å². The van der Waals surface area contributed by atoms with Gasteiger partial charge in [-0.2, -0.15) is 0 Å². The summed E-state index contributed by atoms with van der Waals surface area (Å²) in [5.74, 6) is 0.0131. The van der Waals surface area contributed by atoms with E-state index >= 15 is 0 Å². The number of hydrogen-bond acceptors (Lipinski definition) is 5. The van der Waals surface area contributed by atoms with Crippen LogP contribution in [-0.4, -0.2) is 83.2 Å². The number of nitrogens with zero attached hydrogens (tertiary/aromatic N) is 4. The second-order valence-corrected chi connectivity index (χ2v) is 12.3. The van der Waals surface area contributed by atoms with Gasteiger partial charge in [-0.25, -0.2) is 4.79 Å². The number of rotatable bonds is 6. The van der Waals surface area contributed by atoms with Crippen molar-refractivity contribution < 1.29 is 14.3 Å². The van der Waals surface area contributed by atoms with E-state index in [1.165, 1.54) is 35.2 Å². The number of urea groups is 1. The molecule has 5 aliphatic rings. The molecule has 1 spiro atoms. The summed E-state index contributed by atoms with van der Waals surface area (Å²) in [5, 5.41) is 0. The molecule has 0 saturated carbocycles. The van der Waals surface area contributed by atoms with E-state index < -0.39 is 5.54 Å². The molecule has 4 aliphatic heterocycles. The first-order valence-corrected chi connectivity index (χ1v) is 14.4. The Morgan fingerprint density at radius 3 is 2.13 bits per heavy atom. The standard InChI is InChI=1S/C31H38N4O3/c1-30(22-38-30)21-34-29(37)35(27-18-24-6-2-3-7-25(24)19-27)28(36)31(34)12-16-32(17-13-31)20-23-8-10-26(11-9-23)33-14-4-5-15-33/h2-3,6-11,27H,4-5,12-22H2,1H3. The van der Waals surface area contributed by atoms with Gasteiger partial charge in [0.2, 0.25) is 0 Å². The van der Waals surface area contributed by atoms with Gasteiger partial charge in [-0.15, -0.1) is 0 Å². The first-order valence-electron chi connectivity index (χ1n) is 14.4. The molecule has 0 radical (unpaired) electrons. The lowest BCUT2D eigenvalue weighted by molar-refractivity contribution is -0.137. The number of hydrogen-bond donors (Lipinski definition) is 0. The first-order chi connectivity index (χ1) is 18.4. The topological polar surface area (TPSA) is 59.6 Å². The lowest BCUT2D eigenvalue weighted by Gasteiger charge is -2.42. The Morgan fingerprint density at radius 2 is 1.53 bits per heavy atom. The molecule has 0 N–H and O–H groups in total. The summed E-state index contributed by atoms with van der Waals surface area (Å²) < 4.78 is 5.70. The summed E-state index contributed by atoms with van der Waals surface area (Å²) in [7, 11) is 0. The summed E-state index contributed by atoms with van der Waals surface area (Å²) in [6.45, 7) is 7.99. The number of anilines is 1. The highest BCUT2D eigenvalue weighted by atomic mass is 16.6. The minimum Gasteiger partial charge on any atom is -0.372 e. The van der Waals surface area contributed by atoms with E-state index in [1.807, 2.05) is 24.0 Å². The van der Waals surface area contributed by atoms with E-state index in [1.54, 1.807) is 4.90 Å². The zero-order valence-corrected chi connectivity index (χ0v) is 22.4. The molecule has 4 fully saturated rings. The van der Waals surface area contributed by atoms with Crippen LogP contribution >= 0.6 is 0 Å². The van der Waals surface area contributed by atoms with Crippen molar-refractivity contribution in [3.63, 3.8) is 0 Å². The molecule has 2 aromatic rings. The Hall–Kier alpha value is -2.90. The summed E-state index contributed by atoms with van der Waals surface area (Å²) in [5.41, 5.74) is 4.06. The van der Waals surface area contributed by atoms with Crippen molar-refractivity contribution in [1.29, 1.82) is 0 Å². The zero-order valence-electron chi connectivity index (χ0n) is 22.4. The molecule has 0 bridgehead atoms. The number of carbonyl (C=O) groups is 2. The number of amides is 3. The molecule has 7 nitrogen and oxygen atoms in total. The average molecular weight is 515 g/mol. The lowest BCUT2D eigenvalue weighted by atomic mass is 9.85. The van der Waals surface area contributed by atoms with Gasteiger partial charge in [0.25, 0.3) is 5.91 Å². The fraction of sp³-hybridized carbons (Fsp3) is 0.548. The van der Waals surface area contributed by atoms with E-state index in [4.69, 9.17) is 4.74 Å². The number of piperidine rings is 1. The van der Waals surface area contributed by atoms with Crippen LogP contribution in [-0.2, 0) is 28.9 Å². The van der Waals surface area contributed by atoms with Gasteiger partial charge in [-0.3, -0.25) is 14.6 Å². The highest BCUT2D eigenvalue weighted by Gasteiger charge is 2.62. The van der Waals surface area contributed by atoms with Crippen molar-refractivity contribution in [2.75, 3.05) is 44.2 Å². The van der Waals surface area contributed by atoms with Crippen molar-refractivity contribution >= 4 is 17.6 Å². The third kappa shape index (κ3) is 4.11. The number of ether oxygens (including phenoxy) is 1. The van der Waals surface area contributed by atoms with Crippen molar-refractivity contribution in [3.05, 3.63) is 65.2 Å². The number of fused-ring (bicyclic) bond motifs is 1. The summed E-state index contributed by atoms with van der Waals surface area (Å²) in [6.07, 6.45) is 5.43. The Labute approximate surface area is 225 Å². The molecule has 4 saturated heterocycles. The van der Waals surface area contributed by atoms with Gasteiger partial charge < -0.3 is 14.5 Å². The third-order valence-electron chi connectivity index (χ3n) is 9.59. The van der Waals surface area contributed by atoms with E-state index in [-0.39, 0.29) is 23.6 Å². The Bertz CT molecular complexity index is 1200. The highest BCUT2D eigenvalue weighted by Crippen LogP contribution is 2.43. The molecule has 7 rings (SSSR count). The fourth-order valence-corrected chi connectivity index (χ4v) is 7.16. The van der Waals surface area contributed by atoms with Crippen molar-refractivity contribution in [3.8, 4) is 0 Å². The molecular formula is C31H38N4O3. The molecule has 4 heterocycles. The molecule has 2 aromatic carbocycles. The largest absolute Gasteiger partial charge is 0.372 e. The first kappa shape index (κ1) is 24.2. The van der Waals surface area contributed by atoms with Crippen LogP contribution in [0, 0.1) is 0 Å². The molecular weight excluding hydrogens is 476 g/mol. The second kappa shape index (κ2) is 9.09. The Morgan fingerprint density at radius 1 is 0.895 bits per heavy atom. The van der Waals surface area contributed by atoms with Crippen LogP contribution in [0.25, 0.3) is 0 Å². The minimum absolute atomic E-state index is 0.0131. The van der Waals surface area contributed by atoms with Gasteiger partial charge in [-0.1, -0.05) is 36.4 Å². The Balaban J connectivity index is 1.07. The van der Waals surface area contributed by atoms with Gasteiger partial charge >= 0.3 is 6.03 Å². The average Bonchev–Trinajstić information content (AvgIpc) is 3.28. The molecule has 1 aliphatic carbocycles. The number of imide groups is 1. The predicted octanol–water partition coefficient (Wildman–Crippen LogP) is 3.84. The third-order valence-corrected chi connectivity index (χ3v) is 9.59. The van der Waals surface area contributed by atoms with Crippen LogP contribution in [0.4, 0.5) is 10.5 Å². The van der Waals surface area contributed by atoms with Crippen LogP contribution in [0.15, 0.2) is 48.5 Å². The van der Waals surface area contributed by atoms with Crippen molar-refractivity contribution in [2.45, 2.75) is 69.2 Å². The maximum Gasteiger partial charge on any atom is 0.328 e. The van der Waals surface area contributed by atoms with E-state index in [2.05, 4.69) is 46.2 Å². The van der Waals surface area contributed by atoms with Crippen LogP contribution in [0.3, 0.4) is 0 Å². The highest BCUT2D eigenvalue weighted by molar-refractivity contribution is 6.07. The molecule has 3 amide bonds. The minimum atomic E-state index is -0.753. The smallest absolute Gasteiger partial charge is 0.328 e. The fourth-order valence-electron chi connectivity index (χ4n) is 7.16. The number of epoxide rings is 1. The molecule has 7 heteroatoms. The number of likely N-dealkylation sites (tertiary alicyclic amines) is 1. The molecule has 200 valence electrons. The quantitative estimate of drug-likeness (QED) is 0.433. The summed E-state index contributed by atoms with van der Waals surface area (Å²) >= 11 is 0. The van der Waals surface area contributed by atoms with Gasteiger partial charge in [-0.05, 0) is 74.3 Å². The summed E-state index contributed by atoms with van der Waals surface area (Å²) in [6, 6.07) is 17.1. The van der Waals surface area contributed by atoms with Gasteiger partial charge in [0.05, 0.1) is 13.2 Å². The summed E-state index contributed by atoms with van der Waals surface area (Å²) in [4.78, 5) is 36.5. The molecule has 1 unspecified atom stereocenters. The van der Waals surface area contributed by atoms with E-state index in [9.17, 15) is 9.59 Å². The van der Waals surface area contributed by atoms with Crippen LogP contribution < -0.4 is 4.90 Å². The maximum atomic E-state index is 14.2. The maximum absolute atomic E-state index is 14.2. The van der Waals surface area contributed by atoms with Gasteiger partial charge in [0, 0.05) is 44.5 Å². The van der Waals surface area contributed by atoms with Gasteiger partial charge in [0.1, 0.15) is 11.1 Å². The normalized spacial score (nSPS) is 27.1. The second-order valence-electron chi connectivity index (χ2n) is 12.3. The molecule has 0 aromatic heterocycles. The predicted molar refractivity (Wildman–Crippen MR) is 146 cm³/mol. The van der Waals surface area contributed by atoms with E-state index in [0.717, 1.165) is 45.6 Å².